The molecule has 0 spiro atoms. The van der Waals surface area contributed by atoms with E-state index >= 15 is 0 Å². The van der Waals surface area contributed by atoms with Gasteiger partial charge in [-0.25, -0.2) is 0 Å². The van der Waals surface area contributed by atoms with Crippen LogP contribution in [-0.2, 0) is 14.3 Å². The Hall–Kier alpha value is -1.84. The van der Waals surface area contributed by atoms with Crippen LogP contribution in [0.2, 0.25) is 0 Å². The zero-order valence-corrected chi connectivity index (χ0v) is 18.3. The molecule has 0 radical (unpaired) electrons. The van der Waals surface area contributed by atoms with Crippen LogP contribution in [0, 0.1) is 0 Å². The highest BCUT2D eigenvalue weighted by Crippen LogP contribution is 2.13. The van der Waals surface area contributed by atoms with E-state index < -0.39 is 0 Å². The Kier molecular flexibility index (Phi) is 15.8. The molecule has 0 heterocycles. The number of carbonyl (C=O) groups excluding carboxylic acids is 2. The lowest BCUT2D eigenvalue weighted by Gasteiger charge is -2.06. The third kappa shape index (κ3) is 15.7. The van der Waals surface area contributed by atoms with E-state index in [1.54, 1.807) is 12.1 Å². The highest BCUT2D eigenvalue weighted by molar-refractivity contribution is 5.72. The normalized spacial score (nSPS) is 10.7. The molecule has 0 fully saturated rings. The van der Waals surface area contributed by atoms with Gasteiger partial charge in [0.25, 0.3) is 0 Å². The van der Waals surface area contributed by atoms with Crippen molar-refractivity contribution in [1.82, 2.24) is 0 Å². The molecule has 0 saturated carbocycles. The smallest absolute Gasteiger partial charge is 0.311 e. The molecule has 4 heteroatoms. The zero-order valence-electron chi connectivity index (χ0n) is 18.3. The SMILES string of the molecule is CCCCCCCCCOC(=O)CCCCCCCCC(=O)Oc1ccccc1. The number of carbonyl (C=O) groups is 2. The van der Waals surface area contributed by atoms with Crippen LogP contribution in [-0.4, -0.2) is 18.5 Å². The molecule has 164 valence electrons. The first-order chi connectivity index (χ1) is 14.2. The Bertz CT molecular complexity index is 527. The topological polar surface area (TPSA) is 52.6 Å². The predicted octanol–water partition coefficient (Wildman–Crippen LogP) is 7.01. The molecule has 0 aliphatic heterocycles. The van der Waals surface area contributed by atoms with Crippen LogP contribution in [0.25, 0.3) is 0 Å². The molecular weight excluding hydrogens is 364 g/mol. The van der Waals surface area contributed by atoms with Crippen molar-refractivity contribution in [2.75, 3.05) is 6.61 Å². The van der Waals surface area contributed by atoms with E-state index in [1.807, 2.05) is 18.2 Å². The molecule has 1 aromatic carbocycles. The van der Waals surface area contributed by atoms with Gasteiger partial charge in [0.15, 0.2) is 0 Å². The molecule has 0 amide bonds. The fourth-order valence-electron chi connectivity index (χ4n) is 3.23. The summed E-state index contributed by atoms with van der Waals surface area (Å²) < 4.78 is 10.6. The molecule has 0 saturated heterocycles. The summed E-state index contributed by atoms with van der Waals surface area (Å²) in [5.41, 5.74) is 0. The number of ether oxygens (including phenoxy) is 2. The standard InChI is InChI=1S/C25H40O4/c1-2-3-4-5-8-11-17-22-28-24(26)20-15-9-6-7-10-16-21-25(27)29-23-18-13-12-14-19-23/h12-14,18-19H,2-11,15-17,20-22H2,1H3. The van der Waals surface area contributed by atoms with Gasteiger partial charge in [-0.15, -0.1) is 0 Å². The van der Waals surface area contributed by atoms with Crippen molar-refractivity contribution in [1.29, 1.82) is 0 Å². The number of hydrogen-bond acceptors (Lipinski definition) is 4. The Balaban J connectivity index is 1.83. The first-order valence-corrected chi connectivity index (χ1v) is 11.6. The fraction of sp³-hybridized carbons (Fsp3) is 0.680. The summed E-state index contributed by atoms with van der Waals surface area (Å²) in [6.45, 7) is 2.80. The van der Waals surface area contributed by atoms with Gasteiger partial charge in [-0.3, -0.25) is 9.59 Å². The van der Waals surface area contributed by atoms with E-state index in [0.717, 1.165) is 51.4 Å². The Morgan fingerprint density at radius 1 is 0.655 bits per heavy atom. The van der Waals surface area contributed by atoms with Gasteiger partial charge in [-0.2, -0.15) is 0 Å². The summed E-state index contributed by atoms with van der Waals surface area (Å²) in [4.78, 5) is 23.4. The molecule has 0 atom stereocenters. The van der Waals surface area contributed by atoms with Crippen LogP contribution in [0.3, 0.4) is 0 Å². The van der Waals surface area contributed by atoms with Crippen LogP contribution in [0.5, 0.6) is 5.75 Å². The van der Waals surface area contributed by atoms with Gasteiger partial charge in [0.05, 0.1) is 6.61 Å². The Morgan fingerprint density at radius 2 is 1.17 bits per heavy atom. The van der Waals surface area contributed by atoms with E-state index in [9.17, 15) is 9.59 Å². The second kappa shape index (κ2) is 18.2. The van der Waals surface area contributed by atoms with Crippen LogP contribution in [0.4, 0.5) is 0 Å². The second-order valence-electron chi connectivity index (χ2n) is 7.75. The third-order valence-corrected chi connectivity index (χ3v) is 5.00. The second-order valence-corrected chi connectivity index (χ2v) is 7.75. The van der Waals surface area contributed by atoms with Gasteiger partial charge in [-0.05, 0) is 31.4 Å². The number of benzene rings is 1. The van der Waals surface area contributed by atoms with Gasteiger partial charge in [0.2, 0.25) is 0 Å². The van der Waals surface area contributed by atoms with Crippen molar-refractivity contribution in [3.05, 3.63) is 30.3 Å². The van der Waals surface area contributed by atoms with Crippen LogP contribution in [0.15, 0.2) is 30.3 Å². The molecule has 0 N–H and O–H groups in total. The Labute approximate surface area is 177 Å². The quantitative estimate of drug-likeness (QED) is 0.150. The van der Waals surface area contributed by atoms with Gasteiger partial charge in [0.1, 0.15) is 5.75 Å². The summed E-state index contributed by atoms with van der Waals surface area (Å²) in [5.74, 6) is 0.385. The number of esters is 2. The molecule has 0 aromatic heterocycles. The first-order valence-electron chi connectivity index (χ1n) is 11.6. The van der Waals surface area contributed by atoms with Crippen LogP contribution in [0.1, 0.15) is 103 Å². The van der Waals surface area contributed by atoms with Gasteiger partial charge in [0, 0.05) is 12.8 Å². The maximum absolute atomic E-state index is 11.7. The molecule has 0 unspecified atom stereocenters. The van der Waals surface area contributed by atoms with E-state index in [0.29, 0.717) is 25.2 Å². The summed E-state index contributed by atoms with van der Waals surface area (Å²) in [5, 5.41) is 0. The van der Waals surface area contributed by atoms with Crippen LogP contribution < -0.4 is 4.74 Å². The van der Waals surface area contributed by atoms with Crippen molar-refractivity contribution in [2.24, 2.45) is 0 Å². The number of hydrogen-bond donors (Lipinski definition) is 0. The first kappa shape index (κ1) is 25.2. The summed E-state index contributed by atoms with van der Waals surface area (Å²) in [7, 11) is 0. The Morgan fingerprint density at radius 3 is 1.79 bits per heavy atom. The highest BCUT2D eigenvalue weighted by atomic mass is 16.5. The minimum atomic E-state index is -0.167. The van der Waals surface area contributed by atoms with E-state index in [-0.39, 0.29) is 11.9 Å². The lowest BCUT2D eigenvalue weighted by Crippen LogP contribution is -2.07. The molecule has 4 nitrogen and oxygen atoms in total. The van der Waals surface area contributed by atoms with Crippen molar-refractivity contribution < 1.29 is 19.1 Å². The third-order valence-electron chi connectivity index (χ3n) is 5.00. The van der Waals surface area contributed by atoms with Crippen molar-refractivity contribution in [3.8, 4) is 5.75 Å². The summed E-state index contributed by atoms with van der Waals surface area (Å²) in [6.07, 6.45) is 15.6. The molecule has 0 aliphatic carbocycles. The lowest BCUT2D eigenvalue weighted by atomic mass is 10.1. The average Bonchev–Trinajstić information content (AvgIpc) is 2.72. The number of para-hydroxylation sites is 1. The summed E-state index contributed by atoms with van der Waals surface area (Å²) >= 11 is 0. The van der Waals surface area contributed by atoms with E-state index in [1.165, 1.54) is 32.1 Å². The molecular formula is C25H40O4. The minimum Gasteiger partial charge on any atom is -0.466 e. The van der Waals surface area contributed by atoms with Gasteiger partial charge < -0.3 is 9.47 Å². The van der Waals surface area contributed by atoms with E-state index in [2.05, 4.69) is 6.92 Å². The predicted molar refractivity (Wildman–Crippen MR) is 118 cm³/mol. The molecule has 1 rings (SSSR count). The molecule has 0 aliphatic rings. The summed E-state index contributed by atoms with van der Waals surface area (Å²) in [6, 6.07) is 9.19. The van der Waals surface area contributed by atoms with Crippen molar-refractivity contribution in [3.63, 3.8) is 0 Å². The highest BCUT2D eigenvalue weighted by Gasteiger charge is 2.05. The molecule has 1 aromatic rings. The fourth-order valence-corrected chi connectivity index (χ4v) is 3.23. The van der Waals surface area contributed by atoms with Gasteiger partial charge >= 0.3 is 11.9 Å². The number of rotatable bonds is 18. The lowest BCUT2D eigenvalue weighted by molar-refractivity contribution is -0.144. The van der Waals surface area contributed by atoms with Crippen molar-refractivity contribution in [2.45, 2.75) is 103 Å². The average molecular weight is 405 g/mol. The monoisotopic (exact) mass is 404 g/mol. The zero-order chi connectivity index (χ0) is 21.0. The van der Waals surface area contributed by atoms with E-state index in [4.69, 9.17) is 9.47 Å². The molecule has 29 heavy (non-hydrogen) atoms. The van der Waals surface area contributed by atoms with Crippen molar-refractivity contribution >= 4 is 11.9 Å². The minimum absolute atomic E-state index is 0.0559. The number of unbranched alkanes of at least 4 members (excludes halogenated alkanes) is 11. The maximum atomic E-state index is 11.7. The van der Waals surface area contributed by atoms with Gasteiger partial charge in [-0.1, -0.05) is 89.3 Å². The van der Waals surface area contributed by atoms with Crippen LogP contribution >= 0.6 is 0 Å². The largest absolute Gasteiger partial charge is 0.466 e. The maximum Gasteiger partial charge on any atom is 0.311 e. The molecule has 0 bridgehead atoms.